The van der Waals surface area contributed by atoms with Gasteiger partial charge in [0.05, 0.1) is 24.9 Å². The molecule has 1 amide bonds. The van der Waals surface area contributed by atoms with E-state index in [1.807, 2.05) is 42.5 Å². The van der Waals surface area contributed by atoms with Crippen molar-refractivity contribution in [3.63, 3.8) is 0 Å². The fraction of sp³-hybridized carbons (Fsp3) is 0.409. The summed E-state index contributed by atoms with van der Waals surface area (Å²) in [6.07, 6.45) is 2.24. The van der Waals surface area contributed by atoms with Crippen molar-refractivity contribution < 1.29 is 23.7 Å². The largest absolute Gasteiger partial charge is 0.491 e. The molecule has 7 heteroatoms. The summed E-state index contributed by atoms with van der Waals surface area (Å²) in [7, 11) is 1.62. The molecule has 3 rings (SSSR count). The number of hydrogen-bond acceptors (Lipinski definition) is 6. The second-order valence-corrected chi connectivity index (χ2v) is 6.71. The van der Waals surface area contributed by atoms with Crippen LogP contribution in [0.15, 0.2) is 48.5 Å². The molecule has 1 aliphatic rings. The van der Waals surface area contributed by atoms with Gasteiger partial charge in [0.15, 0.2) is 0 Å². The van der Waals surface area contributed by atoms with E-state index in [1.54, 1.807) is 13.2 Å². The minimum atomic E-state index is -0.159. The van der Waals surface area contributed by atoms with E-state index in [-0.39, 0.29) is 18.6 Å². The molecule has 0 spiro atoms. The van der Waals surface area contributed by atoms with Crippen molar-refractivity contribution in [1.82, 2.24) is 0 Å². The molecule has 2 aromatic rings. The van der Waals surface area contributed by atoms with E-state index in [0.29, 0.717) is 37.0 Å². The zero-order valence-electron chi connectivity index (χ0n) is 16.7. The quantitative estimate of drug-likeness (QED) is 0.564. The van der Waals surface area contributed by atoms with E-state index in [0.717, 1.165) is 25.1 Å². The molecule has 1 fully saturated rings. The third-order valence-electron chi connectivity index (χ3n) is 4.45. The zero-order chi connectivity index (χ0) is 20.3. The lowest BCUT2D eigenvalue weighted by atomic mass is 10.2. The van der Waals surface area contributed by atoms with Crippen LogP contribution in [0.1, 0.15) is 12.8 Å². The highest BCUT2D eigenvalue weighted by Gasteiger charge is 2.16. The summed E-state index contributed by atoms with van der Waals surface area (Å²) >= 11 is 0. The first-order valence-electron chi connectivity index (χ1n) is 9.83. The highest BCUT2D eigenvalue weighted by Crippen LogP contribution is 2.25. The van der Waals surface area contributed by atoms with Crippen molar-refractivity contribution in [2.45, 2.75) is 18.9 Å². The second-order valence-electron chi connectivity index (χ2n) is 6.71. The van der Waals surface area contributed by atoms with Crippen LogP contribution < -0.4 is 20.1 Å². The average molecular weight is 400 g/mol. The van der Waals surface area contributed by atoms with Gasteiger partial charge in [-0.05, 0) is 37.1 Å². The van der Waals surface area contributed by atoms with Crippen molar-refractivity contribution >= 4 is 17.3 Å². The Labute approximate surface area is 171 Å². The SMILES string of the molecule is COCCOc1cccc(NC(=O)CNc2ccccc2OCC2CCCO2)c1. The Hall–Kier alpha value is -2.77. The standard InChI is InChI=1S/C22H28N2O5/c1-26-12-13-28-18-7-4-6-17(14-18)24-22(25)15-23-20-9-2-3-10-21(20)29-16-19-8-5-11-27-19/h2-4,6-7,9-10,14,19,23H,5,8,11-13,15-16H2,1H3,(H,24,25). The maximum atomic E-state index is 12.3. The summed E-state index contributed by atoms with van der Waals surface area (Å²) in [6, 6.07) is 14.9. The third-order valence-corrected chi connectivity index (χ3v) is 4.45. The van der Waals surface area contributed by atoms with Crippen molar-refractivity contribution in [3.05, 3.63) is 48.5 Å². The molecule has 1 unspecified atom stereocenters. The van der Waals surface area contributed by atoms with Crippen molar-refractivity contribution in [3.8, 4) is 11.5 Å². The predicted molar refractivity (Wildman–Crippen MR) is 112 cm³/mol. The maximum absolute atomic E-state index is 12.3. The molecule has 0 bridgehead atoms. The average Bonchev–Trinajstić information content (AvgIpc) is 3.25. The number of anilines is 2. The molecule has 1 atom stereocenters. The fourth-order valence-electron chi connectivity index (χ4n) is 2.98. The molecule has 2 aromatic carbocycles. The number of rotatable bonds is 11. The molecule has 156 valence electrons. The van der Waals surface area contributed by atoms with E-state index in [9.17, 15) is 4.79 Å². The second kappa shape index (κ2) is 11.3. The first-order valence-corrected chi connectivity index (χ1v) is 9.83. The highest BCUT2D eigenvalue weighted by molar-refractivity contribution is 5.94. The smallest absolute Gasteiger partial charge is 0.243 e. The highest BCUT2D eigenvalue weighted by atomic mass is 16.5. The summed E-state index contributed by atoms with van der Waals surface area (Å²) < 4.78 is 22.0. The summed E-state index contributed by atoms with van der Waals surface area (Å²) in [5.74, 6) is 1.23. The van der Waals surface area contributed by atoms with Gasteiger partial charge < -0.3 is 29.6 Å². The maximum Gasteiger partial charge on any atom is 0.243 e. The number of amides is 1. The molecule has 0 radical (unpaired) electrons. The van der Waals surface area contributed by atoms with Gasteiger partial charge in [-0.25, -0.2) is 0 Å². The fourth-order valence-corrected chi connectivity index (χ4v) is 2.98. The Morgan fingerprint density at radius 2 is 2.03 bits per heavy atom. The number of hydrogen-bond donors (Lipinski definition) is 2. The lowest BCUT2D eigenvalue weighted by Gasteiger charge is -2.15. The summed E-state index contributed by atoms with van der Waals surface area (Å²) in [4.78, 5) is 12.3. The third kappa shape index (κ3) is 6.96. The van der Waals surface area contributed by atoms with Crippen LogP contribution in [0.2, 0.25) is 0 Å². The van der Waals surface area contributed by atoms with Gasteiger partial charge in [-0.1, -0.05) is 18.2 Å². The van der Waals surface area contributed by atoms with Crippen LogP contribution in [-0.4, -0.2) is 52.1 Å². The molecule has 0 aliphatic carbocycles. The molecular formula is C22H28N2O5. The van der Waals surface area contributed by atoms with Gasteiger partial charge in [0.1, 0.15) is 24.7 Å². The topological polar surface area (TPSA) is 78.1 Å². The van der Waals surface area contributed by atoms with Gasteiger partial charge in [-0.2, -0.15) is 0 Å². The predicted octanol–water partition coefficient (Wildman–Crippen LogP) is 3.32. The Balaban J connectivity index is 1.48. The first kappa shape index (κ1) is 21.0. The van der Waals surface area contributed by atoms with E-state index >= 15 is 0 Å². The summed E-state index contributed by atoms with van der Waals surface area (Å²) in [6.45, 7) is 2.40. The first-order chi connectivity index (χ1) is 14.2. The normalized spacial score (nSPS) is 15.7. The minimum Gasteiger partial charge on any atom is -0.491 e. The Bertz CT molecular complexity index is 777. The van der Waals surface area contributed by atoms with Gasteiger partial charge in [0, 0.05) is 25.5 Å². The van der Waals surface area contributed by atoms with E-state index < -0.39 is 0 Å². The number of methoxy groups -OCH3 is 1. The number of carbonyl (C=O) groups excluding carboxylic acids is 1. The number of para-hydroxylation sites is 2. The number of ether oxygens (including phenoxy) is 4. The van der Waals surface area contributed by atoms with Gasteiger partial charge >= 0.3 is 0 Å². The lowest BCUT2D eigenvalue weighted by molar-refractivity contribution is -0.114. The van der Waals surface area contributed by atoms with Crippen LogP contribution in [0.3, 0.4) is 0 Å². The molecule has 7 nitrogen and oxygen atoms in total. The number of benzene rings is 2. The van der Waals surface area contributed by atoms with Crippen molar-refractivity contribution in [2.75, 3.05) is 50.7 Å². The summed E-state index contributed by atoms with van der Waals surface area (Å²) in [5.41, 5.74) is 1.45. The Kier molecular flexibility index (Phi) is 8.15. The van der Waals surface area contributed by atoms with Crippen molar-refractivity contribution in [1.29, 1.82) is 0 Å². The van der Waals surface area contributed by atoms with Crippen LogP contribution in [0, 0.1) is 0 Å². The Morgan fingerprint density at radius 1 is 1.14 bits per heavy atom. The van der Waals surface area contributed by atoms with E-state index in [2.05, 4.69) is 10.6 Å². The molecular weight excluding hydrogens is 372 g/mol. The minimum absolute atomic E-state index is 0.120. The molecule has 1 heterocycles. The molecule has 29 heavy (non-hydrogen) atoms. The summed E-state index contributed by atoms with van der Waals surface area (Å²) in [5, 5.41) is 6.01. The van der Waals surface area contributed by atoms with Gasteiger partial charge in [0.25, 0.3) is 0 Å². The molecule has 0 saturated carbocycles. The Morgan fingerprint density at radius 3 is 2.86 bits per heavy atom. The molecule has 1 aliphatic heterocycles. The van der Waals surface area contributed by atoms with Crippen molar-refractivity contribution in [2.24, 2.45) is 0 Å². The van der Waals surface area contributed by atoms with Gasteiger partial charge in [-0.3, -0.25) is 4.79 Å². The van der Waals surface area contributed by atoms with Crippen LogP contribution >= 0.6 is 0 Å². The molecule has 1 saturated heterocycles. The lowest BCUT2D eigenvalue weighted by Crippen LogP contribution is -2.22. The molecule has 2 N–H and O–H groups in total. The number of nitrogens with one attached hydrogen (secondary N) is 2. The van der Waals surface area contributed by atoms with E-state index in [4.69, 9.17) is 18.9 Å². The zero-order valence-corrected chi connectivity index (χ0v) is 16.7. The van der Waals surface area contributed by atoms with E-state index in [1.165, 1.54) is 0 Å². The monoisotopic (exact) mass is 400 g/mol. The van der Waals surface area contributed by atoms with Crippen LogP contribution in [-0.2, 0) is 14.3 Å². The van der Waals surface area contributed by atoms with Crippen LogP contribution in [0.25, 0.3) is 0 Å². The molecule has 0 aromatic heterocycles. The van der Waals surface area contributed by atoms with Crippen LogP contribution in [0.5, 0.6) is 11.5 Å². The number of carbonyl (C=O) groups is 1. The van der Waals surface area contributed by atoms with Gasteiger partial charge in [-0.15, -0.1) is 0 Å². The van der Waals surface area contributed by atoms with Gasteiger partial charge in [0.2, 0.25) is 5.91 Å². The van der Waals surface area contributed by atoms with Crippen LogP contribution in [0.4, 0.5) is 11.4 Å².